The third kappa shape index (κ3) is 4.34. The highest BCUT2D eigenvalue weighted by molar-refractivity contribution is 8.00. The van der Waals surface area contributed by atoms with Gasteiger partial charge in [-0.2, -0.15) is 0 Å². The van der Waals surface area contributed by atoms with E-state index in [2.05, 4.69) is 10.2 Å². The van der Waals surface area contributed by atoms with E-state index in [0.29, 0.717) is 17.1 Å². The summed E-state index contributed by atoms with van der Waals surface area (Å²) in [5.74, 6) is 1.53. The van der Waals surface area contributed by atoms with Crippen molar-refractivity contribution in [3.05, 3.63) is 59.1 Å². The van der Waals surface area contributed by atoms with E-state index in [1.165, 1.54) is 11.8 Å². The Balaban J connectivity index is 1.80. The van der Waals surface area contributed by atoms with Crippen molar-refractivity contribution >= 4 is 29.1 Å². The van der Waals surface area contributed by atoms with E-state index >= 15 is 0 Å². The van der Waals surface area contributed by atoms with Crippen molar-refractivity contribution in [3.63, 3.8) is 0 Å². The molecule has 0 saturated heterocycles. The van der Waals surface area contributed by atoms with E-state index in [9.17, 15) is 4.79 Å². The lowest BCUT2D eigenvalue weighted by molar-refractivity contribution is 0.0994. The number of hydrogen-bond donors (Lipinski definition) is 0. The van der Waals surface area contributed by atoms with Crippen LogP contribution in [0.25, 0.3) is 11.4 Å². The van der Waals surface area contributed by atoms with Crippen molar-refractivity contribution in [2.45, 2.75) is 30.8 Å². The second-order valence-electron chi connectivity index (χ2n) is 5.91. The zero-order chi connectivity index (χ0) is 19.4. The number of aromatic nitrogens is 3. The molecule has 5 nitrogen and oxygen atoms in total. The van der Waals surface area contributed by atoms with Crippen molar-refractivity contribution in [3.8, 4) is 17.1 Å². The van der Waals surface area contributed by atoms with E-state index in [4.69, 9.17) is 16.3 Å². The highest BCUT2D eigenvalue weighted by Gasteiger charge is 2.21. The number of methoxy groups -OCH3 is 1. The third-order valence-electron chi connectivity index (χ3n) is 4.16. The number of nitrogens with zero attached hydrogens (tertiary/aromatic N) is 3. The van der Waals surface area contributed by atoms with Crippen LogP contribution in [0.3, 0.4) is 0 Å². The van der Waals surface area contributed by atoms with Gasteiger partial charge >= 0.3 is 0 Å². The summed E-state index contributed by atoms with van der Waals surface area (Å²) in [6.07, 6.45) is 0. The number of rotatable bonds is 7. The fraction of sp³-hybridized carbons (Fsp3) is 0.250. The Hall–Kier alpha value is -2.31. The van der Waals surface area contributed by atoms with Gasteiger partial charge in [-0.3, -0.25) is 4.79 Å². The van der Waals surface area contributed by atoms with E-state index in [1.54, 1.807) is 31.4 Å². The Kier molecular flexibility index (Phi) is 6.19. The van der Waals surface area contributed by atoms with E-state index in [1.807, 2.05) is 42.7 Å². The number of ether oxygens (including phenoxy) is 1. The SMILES string of the molecule is CCn1c(S[C@H](C)C(=O)c2ccc(OC)cc2)nnc1-c1ccc(Cl)cc1. The molecule has 3 aromatic rings. The maximum atomic E-state index is 12.7. The van der Waals surface area contributed by atoms with Gasteiger partial charge in [-0.05, 0) is 62.4 Å². The predicted molar refractivity (Wildman–Crippen MR) is 109 cm³/mol. The fourth-order valence-corrected chi connectivity index (χ4v) is 3.79. The Morgan fingerprint density at radius 2 is 1.81 bits per heavy atom. The predicted octanol–water partition coefficient (Wildman–Crippen LogP) is 4.99. The summed E-state index contributed by atoms with van der Waals surface area (Å²) >= 11 is 7.38. The van der Waals surface area contributed by atoms with Gasteiger partial charge in [-0.25, -0.2) is 0 Å². The molecule has 0 N–H and O–H groups in total. The molecule has 0 aliphatic heterocycles. The largest absolute Gasteiger partial charge is 0.497 e. The van der Waals surface area contributed by atoms with Crippen LogP contribution in [0.4, 0.5) is 0 Å². The molecule has 0 bridgehead atoms. The molecule has 140 valence electrons. The van der Waals surface area contributed by atoms with Crippen LogP contribution in [0, 0.1) is 0 Å². The molecule has 27 heavy (non-hydrogen) atoms. The Morgan fingerprint density at radius 1 is 1.15 bits per heavy atom. The minimum Gasteiger partial charge on any atom is -0.497 e. The zero-order valence-electron chi connectivity index (χ0n) is 15.3. The lowest BCUT2D eigenvalue weighted by Crippen LogP contribution is -2.14. The third-order valence-corrected chi connectivity index (χ3v) is 5.49. The van der Waals surface area contributed by atoms with Gasteiger partial charge in [0.15, 0.2) is 16.8 Å². The van der Waals surface area contributed by atoms with Gasteiger partial charge in [0.1, 0.15) is 5.75 Å². The normalized spacial score (nSPS) is 12.0. The number of halogens is 1. The first-order chi connectivity index (χ1) is 13.0. The van der Waals surface area contributed by atoms with Crippen molar-refractivity contribution in [2.24, 2.45) is 0 Å². The van der Waals surface area contributed by atoms with Gasteiger partial charge < -0.3 is 9.30 Å². The molecule has 1 atom stereocenters. The molecule has 2 aromatic carbocycles. The van der Waals surface area contributed by atoms with Gasteiger partial charge in [0, 0.05) is 22.7 Å². The topological polar surface area (TPSA) is 57.0 Å². The van der Waals surface area contributed by atoms with Gasteiger partial charge in [-0.1, -0.05) is 23.4 Å². The second-order valence-corrected chi connectivity index (χ2v) is 7.65. The van der Waals surface area contributed by atoms with Crippen LogP contribution in [0.1, 0.15) is 24.2 Å². The Morgan fingerprint density at radius 3 is 2.41 bits per heavy atom. The smallest absolute Gasteiger partial charge is 0.192 e. The van der Waals surface area contributed by atoms with Crippen molar-refractivity contribution < 1.29 is 9.53 Å². The highest BCUT2D eigenvalue weighted by atomic mass is 35.5. The first-order valence-corrected chi connectivity index (χ1v) is 9.83. The molecule has 0 aliphatic carbocycles. The van der Waals surface area contributed by atoms with Crippen LogP contribution in [0.5, 0.6) is 5.75 Å². The van der Waals surface area contributed by atoms with Crippen LogP contribution in [0.2, 0.25) is 5.02 Å². The number of ketones is 1. The van der Waals surface area contributed by atoms with Gasteiger partial charge in [0.05, 0.1) is 12.4 Å². The minimum absolute atomic E-state index is 0.0429. The summed E-state index contributed by atoms with van der Waals surface area (Å²) in [5, 5.41) is 9.72. The molecule has 0 amide bonds. The number of carbonyl (C=O) groups excluding carboxylic acids is 1. The quantitative estimate of drug-likeness (QED) is 0.412. The molecular weight excluding hydrogens is 382 g/mol. The monoisotopic (exact) mass is 401 g/mol. The van der Waals surface area contributed by atoms with E-state index < -0.39 is 0 Å². The summed E-state index contributed by atoms with van der Waals surface area (Å²) in [6.45, 7) is 4.62. The molecule has 0 saturated carbocycles. The average Bonchev–Trinajstić information content (AvgIpc) is 3.10. The second kappa shape index (κ2) is 8.59. The lowest BCUT2D eigenvalue weighted by atomic mass is 10.1. The maximum absolute atomic E-state index is 12.7. The van der Waals surface area contributed by atoms with Crippen molar-refractivity contribution in [1.29, 1.82) is 0 Å². The number of Topliss-reactive ketones (excluding diaryl/α,β-unsaturated/α-hetero) is 1. The molecule has 1 heterocycles. The first kappa shape index (κ1) is 19.5. The Bertz CT molecular complexity index is 923. The maximum Gasteiger partial charge on any atom is 0.192 e. The summed E-state index contributed by atoms with van der Waals surface area (Å²) in [7, 11) is 1.60. The minimum atomic E-state index is -0.286. The fourth-order valence-electron chi connectivity index (χ4n) is 2.68. The van der Waals surface area contributed by atoms with Gasteiger partial charge in [0.25, 0.3) is 0 Å². The molecule has 1 aromatic heterocycles. The number of carbonyl (C=O) groups is 1. The average molecular weight is 402 g/mol. The molecular formula is C20H20ClN3O2S. The highest BCUT2D eigenvalue weighted by Crippen LogP contribution is 2.29. The molecule has 0 unspecified atom stereocenters. The summed E-state index contributed by atoms with van der Waals surface area (Å²) in [4.78, 5) is 12.7. The van der Waals surface area contributed by atoms with Crippen LogP contribution in [-0.2, 0) is 6.54 Å². The van der Waals surface area contributed by atoms with Crippen molar-refractivity contribution in [1.82, 2.24) is 14.8 Å². The summed E-state index contributed by atoms with van der Waals surface area (Å²) < 4.78 is 7.15. The summed E-state index contributed by atoms with van der Waals surface area (Å²) in [5.41, 5.74) is 1.59. The van der Waals surface area contributed by atoms with E-state index in [0.717, 1.165) is 22.3 Å². The van der Waals surface area contributed by atoms with Crippen molar-refractivity contribution in [2.75, 3.05) is 7.11 Å². The van der Waals surface area contributed by atoms with Crippen LogP contribution in [0.15, 0.2) is 53.7 Å². The van der Waals surface area contributed by atoms with Crippen LogP contribution in [-0.4, -0.2) is 32.9 Å². The van der Waals surface area contributed by atoms with Crippen LogP contribution >= 0.6 is 23.4 Å². The number of benzene rings is 2. The van der Waals surface area contributed by atoms with Gasteiger partial charge in [0.2, 0.25) is 0 Å². The zero-order valence-corrected chi connectivity index (χ0v) is 16.9. The molecule has 3 rings (SSSR count). The Labute approximate surface area is 167 Å². The number of thioether (sulfide) groups is 1. The summed E-state index contributed by atoms with van der Waals surface area (Å²) in [6, 6.07) is 14.6. The number of hydrogen-bond acceptors (Lipinski definition) is 5. The molecule has 0 spiro atoms. The lowest BCUT2D eigenvalue weighted by Gasteiger charge is -2.12. The van der Waals surface area contributed by atoms with Gasteiger partial charge in [-0.15, -0.1) is 10.2 Å². The van der Waals surface area contributed by atoms with E-state index in [-0.39, 0.29) is 11.0 Å². The van der Waals surface area contributed by atoms with Crippen LogP contribution < -0.4 is 4.74 Å². The standard InChI is InChI=1S/C20H20ClN3O2S/c1-4-24-19(15-5-9-16(21)10-6-15)22-23-20(24)27-13(2)18(25)14-7-11-17(26-3)12-8-14/h5-13H,4H2,1-3H3/t13-/m1/s1. The molecule has 0 radical (unpaired) electrons. The molecule has 0 fully saturated rings. The first-order valence-electron chi connectivity index (χ1n) is 8.57. The molecule has 7 heteroatoms. The molecule has 0 aliphatic rings.